The normalized spacial score (nSPS) is 20.4. The van der Waals surface area contributed by atoms with Gasteiger partial charge in [-0.1, -0.05) is 15.9 Å². The molecule has 2 heterocycles. The van der Waals surface area contributed by atoms with Gasteiger partial charge in [-0.2, -0.15) is 0 Å². The molecule has 0 bridgehead atoms. The van der Waals surface area contributed by atoms with Gasteiger partial charge in [0.25, 0.3) is 0 Å². The molecule has 0 radical (unpaired) electrons. The molecule has 6 nitrogen and oxygen atoms in total. The van der Waals surface area contributed by atoms with E-state index in [0.29, 0.717) is 32.5 Å². The third-order valence-electron chi connectivity index (χ3n) is 4.85. The largest absolute Gasteiger partial charge is 0.493 e. The van der Waals surface area contributed by atoms with Gasteiger partial charge in [0, 0.05) is 35.5 Å². The second kappa shape index (κ2) is 8.09. The van der Waals surface area contributed by atoms with Crippen LogP contribution in [0.3, 0.4) is 0 Å². The number of amides is 2. The molecule has 0 aromatic heterocycles. The highest BCUT2D eigenvalue weighted by atomic mass is 79.9. The number of carbonyl (C=O) groups excluding carboxylic acids is 2. The van der Waals surface area contributed by atoms with Gasteiger partial charge in [-0.05, 0) is 51.8 Å². The van der Waals surface area contributed by atoms with Crippen molar-refractivity contribution in [2.45, 2.75) is 51.7 Å². The maximum atomic E-state index is 12.8. The highest BCUT2D eigenvalue weighted by Gasteiger charge is 2.32. The average molecular weight is 439 g/mol. The Hall–Kier alpha value is -1.76. The molecule has 1 fully saturated rings. The van der Waals surface area contributed by atoms with Crippen molar-refractivity contribution in [3.63, 3.8) is 0 Å². The first-order valence-electron chi connectivity index (χ1n) is 9.43. The van der Waals surface area contributed by atoms with Crippen LogP contribution in [0.15, 0.2) is 22.7 Å². The molecule has 148 valence electrons. The van der Waals surface area contributed by atoms with E-state index in [0.717, 1.165) is 22.2 Å². The number of hydrogen-bond acceptors (Lipinski definition) is 4. The van der Waals surface area contributed by atoms with Gasteiger partial charge in [0.2, 0.25) is 5.91 Å². The van der Waals surface area contributed by atoms with Crippen molar-refractivity contribution in [3.05, 3.63) is 28.2 Å². The summed E-state index contributed by atoms with van der Waals surface area (Å²) in [5.41, 5.74) is 0.505. The van der Waals surface area contributed by atoms with E-state index in [1.807, 2.05) is 39.0 Å². The molecule has 1 unspecified atom stereocenters. The number of carbonyl (C=O) groups is 2. The highest BCUT2D eigenvalue weighted by Crippen LogP contribution is 2.34. The predicted molar refractivity (Wildman–Crippen MR) is 106 cm³/mol. The smallest absolute Gasteiger partial charge is 0.410 e. The number of ether oxygens (including phenoxy) is 2. The van der Waals surface area contributed by atoms with E-state index in [9.17, 15) is 9.59 Å². The van der Waals surface area contributed by atoms with Gasteiger partial charge < -0.3 is 19.7 Å². The van der Waals surface area contributed by atoms with E-state index in [1.165, 1.54) is 0 Å². The number of likely N-dealkylation sites (tertiary alicyclic amines) is 1. The maximum absolute atomic E-state index is 12.8. The highest BCUT2D eigenvalue weighted by molar-refractivity contribution is 9.10. The quantitative estimate of drug-likeness (QED) is 0.756. The summed E-state index contributed by atoms with van der Waals surface area (Å²) in [5.74, 6) is 0.799. The summed E-state index contributed by atoms with van der Waals surface area (Å²) in [4.78, 5) is 26.6. The van der Waals surface area contributed by atoms with Gasteiger partial charge in [0.1, 0.15) is 11.4 Å². The van der Waals surface area contributed by atoms with Gasteiger partial charge in [0.15, 0.2) is 0 Å². The summed E-state index contributed by atoms with van der Waals surface area (Å²) in [5, 5.41) is 3.18. The van der Waals surface area contributed by atoms with Gasteiger partial charge in [-0.3, -0.25) is 4.79 Å². The summed E-state index contributed by atoms with van der Waals surface area (Å²) >= 11 is 3.48. The molecule has 1 N–H and O–H groups in total. The molecule has 2 aliphatic heterocycles. The Morgan fingerprint density at radius 1 is 1.22 bits per heavy atom. The van der Waals surface area contributed by atoms with Gasteiger partial charge >= 0.3 is 6.09 Å². The van der Waals surface area contributed by atoms with Crippen molar-refractivity contribution in [3.8, 4) is 5.75 Å². The second-order valence-electron chi connectivity index (χ2n) is 8.12. The van der Waals surface area contributed by atoms with Crippen LogP contribution in [0.5, 0.6) is 5.75 Å². The minimum absolute atomic E-state index is 0.0392. The monoisotopic (exact) mass is 438 g/mol. The molecule has 1 aromatic carbocycles. The van der Waals surface area contributed by atoms with Crippen molar-refractivity contribution in [1.82, 2.24) is 10.2 Å². The fraction of sp³-hybridized carbons (Fsp3) is 0.600. The summed E-state index contributed by atoms with van der Waals surface area (Å²) < 4.78 is 12.1. The maximum Gasteiger partial charge on any atom is 0.410 e. The van der Waals surface area contributed by atoms with Crippen LogP contribution in [0.4, 0.5) is 4.79 Å². The van der Waals surface area contributed by atoms with E-state index in [2.05, 4.69) is 21.2 Å². The molecular weight excluding hydrogens is 412 g/mol. The van der Waals surface area contributed by atoms with E-state index in [-0.39, 0.29) is 24.0 Å². The van der Waals surface area contributed by atoms with Gasteiger partial charge in [-0.15, -0.1) is 0 Å². The number of nitrogens with one attached hydrogen (secondary N) is 1. The molecular formula is C20H27BrN2O4. The molecule has 3 rings (SSSR count). The molecule has 27 heavy (non-hydrogen) atoms. The molecule has 0 spiro atoms. The Morgan fingerprint density at radius 2 is 1.93 bits per heavy atom. The van der Waals surface area contributed by atoms with Crippen LogP contribution in [-0.4, -0.2) is 42.2 Å². The first kappa shape index (κ1) is 20.0. The van der Waals surface area contributed by atoms with E-state index >= 15 is 0 Å². The lowest BCUT2D eigenvalue weighted by atomic mass is 9.94. The summed E-state index contributed by atoms with van der Waals surface area (Å²) in [6.45, 7) is 7.25. The van der Waals surface area contributed by atoms with Crippen LogP contribution in [0.1, 0.15) is 51.6 Å². The van der Waals surface area contributed by atoms with E-state index in [4.69, 9.17) is 9.47 Å². The topological polar surface area (TPSA) is 67.9 Å². The van der Waals surface area contributed by atoms with Gasteiger partial charge in [-0.25, -0.2) is 4.79 Å². The van der Waals surface area contributed by atoms with Crippen LogP contribution in [0, 0.1) is 5.92 Å². The fourth-order valence-electron chi connectivity index (χ4n) is 3.46. The lowest BCUT2D eigenvalue weighted by molar-refractivity contribution is -0.127. The Kier molecular flexibility index (Phi) is 5.99. The molecule has 2 amide bonds. The zero-order valence-corrected chi connectivity index (χ0v) is 17.7. The third kappa shape index (κ3) is 5.15. The van der Waals surface area contributed by atoms with Crippen molar-refractivity contribution >= 4 is 27.9 Å². The molecule has 0 saturated carbocycles. The van der Waals surface area contributed by atoms with Crippen molar-refractivity contribution in [2.75, 3.05) is 19.7 Å². The number of hydrogen-bond donors (Lipinski definition) is 1. The zero-order valence-electron chi connectivity index (χ0n) is 16.1. The second-order valence-corrected chi connectivity index (χ2v) is 9.04. The van der Waals surface area contributed by atoms with E-state index in [1.54, 1.807) is 4.90 Å². The number of piperidine rings is 1. The van der Waals surface area contributed by atoms with Crippen LogP contribution in [0.2, 0.25) is 0 Å². The van der Waals surface area contributed by atoms with Crippen molar-refractivity contribution in [2.24, 2.45) is 5.92 Å². The molecule has 1 aromatic rings. The van der Waals surface area contributed by atoms with Gasteiger partial charge in [0.05, 0.1) is 12.6 Å². The standard InChI is InChI=1S/C20H27BrN2O4/c1-20(2,3)27-19(25)23-9-6-13(7-10-23)18(24)22-16-8-11-26-17-5-4-14(21)12-15(16)17/h4-5,12-13,16H,6-11H2,1-3H3,(H,22,24). The number of halogens is 1. The first-order chi connectivity index (χ1) is 12.7. The third-order valence-corrected chi connectivity index (χ3v) is 5.34. The predicted octanol–water partition coefficient (Wildman–Crippen LogP) is 4.04. The first-order valence-corrected chi connectivity index (χ1v) is 10.2. The lowest BCUT2D eigenvalue weighted by Gasteiger charge is -2.34. The number of fused-ring (bicyclic) bond motifs is 1. The SMILES string of the molecule is CC(C)(C)OC(=O)N1CCC(C(=O)NC2CCOc3ccc(Br)cc32)CC1. The summed E-state index contributed by atoms with van der Waals surface area (Å²) in [6.07, 6.45) is 1.76. The fourth-order valence-corrected chi connectivity index (χ4v) is 3.83. The molecule has 2 aliphatic rings. The number of rotatable bonds is 2. The molecule has 1 atom stereocenters. The molecule has 1 saturated heterocycles. The summed E-state index contributed by atoms with van der Waals surface area (Å²) in [7, 11) is 0. The zero-order chi connectivity index (χ0) is 19.6. The number of nitrogens with zero attached hydrogens (tertiary/aromatic N) is 1. The number of benzene rings is 1. The van der Waals surface area contributed by atoms with Crippen LogP contribution >= 0.6 is 15.9 Å². The Morgan fingerprint density at radius 3 is 2.59 bits per heavy atom. The van der Waals surface area contributed by atoms with Crippen LogP contribution < -0.4 is 10.1 Å². The summed E-state index contributed by atoms with van der Waals surface area (Å²) in [6, 6.07) is 5.83. The Balaban J connectivity index is 1.55. The average Bonchev–Trinajstić information content (AvgIpc) is 2.61. The molecule has 0 aliphatic carbocycles. The van der Waals surface area contributed by atoms with Crippen LogP contribution in [0.25, 0.3) is 0 Å². The van der Waals surface area contributed by atoms with Crippen molar-refractivity contribution < 1.29 is 19.1 Å². The minimum Gasteiger partial charge on any atom is -0.493 e. The minimum atomic E-state index is -0.504. The lowest BCUT2D eigenvalue weighted by Crippen LogP contribution is -2.45. The van der Waals surface area contributed by atoms with E-state index < -0.39 is 5.60 Å². The van der Waals surface area contributed by atoms with Crippen molar-refractivity contribution in [1.29, 1.82) is 0 Å². The Bertz CT molecular complexity index is 708. The van der Waals surface area contributed by atoms with Crippen LogP contribution in [-0.2, 0) is 9.53 Å². The Labute approximate surface area is 168 Å². The molecule has 7 heteroatoms.